The number of carbonyl (C=O) groups is 1. The Balaban J connectivity index is 2.91. The van der Waals surface area contributed by atoms with E-state index < -0.39 is 23.1 Å². The fourth-order valence-corrected chi connectivity index (χ4v) is 1.72. The largest absolute Gasteiger partial charge is 0.383 e. The zero-order valence-electron chi connectivity index (χ0n) is 11.0. The maximum atomic E-state index is 13.8. The van der Waals surface area contributed by atoms with E-state index in [4.69, 9.17) is 10.5 Å². The molecule has 0 radical (unpaired) electrons. The van der Waals surface area contributed by atoms with Crippen LogP contribution in [0.4, 0.5) is 8.78 Å². The zero-order chi connectivity index (χ0) is 14.4. The average Bonchev–Trinajstić information content (AvgIpc) is 2.35. The molecule has 1 rings (SSSR count). The van der Waals surface area contributed by atoms with Crippen molar-refractivity contribution < 1.29 is 18.3 Å². The Morgan fingerprint density at radius 1 is 1.47 bits per heavy atom. The van der Waals surface area contributed by atoms with Crippen LogP contribution in [0.2, 0.25) is 0 Å². The third-order valence-electron chi connectivity index (χ3n) is 2.73. The number of carbonyl (C=O) groups excluding carboxylic acids is 1. The average molecular weight is 272 g/mol. The van der Waals surface area contributed by atoms with Crippen molar-refractivity contribution >= 4 is 5.91 Å². The molecule has 0 bridgehead atoms. The minimum Gasteiger partial charge on any atom is -0.383 e. The van der Waals surface area contributed by atoms with Gasteiger partial charge in [-0.3, -0.25) is 4.79 Å². The van der Waals surface area contributed by atoms with Crippen LogP contribution in [0.25, 0.3) is 0 Å². The van der Waals surface area contributed by atoms with Crippen molar-refractivity contribution in [3.63, 3.8) is 0 Å². The van der Waals surface area contributed by atoms with Crippen LogP contribution in [0, 0.1) is 18.6 Å². The summed E-state index contributed by atoms with van der Waals surface area (Å²) in [6.45, 7) is 2.04. The highest BCUT2D eigenvalue weighted by Crippen LogP contribution is 2.16. The quantitative estimate of drug-likeness (QED) is 0.822. The topological polar surface area (TPSA) is 64.3 Å². The van der Waals surface area contributed by atoms with Gasteiger partial charge in [-0.2, -0.15) is 0 Å². The lowest BCUT2D eigenvalue weighted by molar-refractivity contribution is 0.0885. The lowest BCUT2D eigenvalue weighted by Crippen LogP contribution is -2.40. The minimum atomic E-state index is -0.885. The molecule has 0 spiro atoms. The van der Waals surface area contributed by atoms with Gasteiger partial charge < -0.3 is 15.8 Å². The lowest BCUT2D eigenvalue weighted by Gasteiger charge is -2.17. The van der Waals surface area contributed by atoms with Crippen molar-refractivity contribution in [1.29, 1.82) is 0 Å². The van der Waals surface area contributed by atoms with Crippen LogP contribution < -0.4 is 11.1 Å². The van der Waals surface area contributed by atoms with Gasteiger partial charge in [0, 0.05) is 7.11 Å². The molecule has 0 fully saturated rings. The number of rotatable bonds is 6. The van der Waals surface area contributed by atoms with Crippen LogP contribution in [0.5, 0.6) is 0 Å². The molecule has 0 aliphatic carbocycles. The molecular weight excluding hydrogens is 254 g/mol. The van der Waals surface area contributed by atoms with Gasteiger partial charge >= 0.3 is 0 Å². The number of benzene rings is 1. The Labute approximate surface area is 110 Å². The summed E-state index contributed by atoms with van der Waals surface area (Å²) in [5.74, 6) is -2.53. The Hall–Kier alpha value is -1.53. The summed E-state index contributed by atoms with van der Waals surface area (Å²) in [5.41, 5.74) is 5.05. The predicted octanol–water partition coefficient (Wildman–Crippen LogP) is 1.37. The third-order valence-corrected chi connectivity index (χ3v) is 2.73. The molecule has 0 saturated heterocycles. The van der Waals surface area contributed by atoms with E-state index in [2.05, 4.69) is 5.32 Å². The molecule has 1 aromatic rings. The smallest absolute Gasteiger partial charge is 0.257 e. The summed E-state index contributed by atoms with van der Waals surface area (Å²) >= 11 is 0. The lowest BCUT2D eigenvalue weighted by atomic mass is 10.1. The molecule has 3 N–H and O–H groups in total. The summed E-state index contributed by atoms with van der Waals surface area (Å²) in [7, 11) is 1.48. The first kappa shape index (κ1) is 15.5. The predicted molar refractivity (Wildman–Crippen MR) is 67.9 cm³/mol. The molecule has 0 aromatic heterocycles. The van der Waals surface area contributed by atoms with Crippen molar-refractivity contribution in [2.45, 2.75) is 19.4 Å². The fourth-order valence-electron chi connectivity index (χ4n) is 1.72. The first-order valence-corrected chi connectivity index (χ1v) is 5.95. The third kappa shape index (κ3) is 3.97. The van der Waals surface area contributed by atoms with Gasteiger partial charge in [0.05, 0.1) is 12.6 Å². The van der Waals surface area contributed by atoms with Crippen molar-refractivity contribution in [3.05, 3.63) is 34.9 Å². The van der Waals surface area contributed by atoms with Crippen LogP contribution in [0.3, 0.4) is 0 Å². The molecule has 0 saturated carbocycles. The number of hydrogen-bond acceptors (Lipinski definition) is 3. The standard InChI is InChI=1S/C13H18F2N2O2/c1-8-3-4-10(14)11(12(8)15)13(18)17-9(5-6-16)7-19-2/h3-4,9H,5-7,16H2,1-2H3,(H,17,18). The monoisotopic (exact) mass is 272 g/mol. The highest BCUT2D eigenvalue weighted by Gasteiger charge is 2.21. The summed E-state index contributed by atoms with van der Waals surface area (Å²) in [6, 6.07) is 1.98. The molecule has 0 heterocycles. The van der Waals surface area contributed by atoms with Crippen LogP contribution in [0.15, 0.2) is 12.1 Å². The number of ether oxygens (including phenoxy) is 1. The SMILES string of the molecule is COCC(CCN)NC(=O)c1c(F)ccc(C)c1F. The molecule has 1 amide bonds. The van der Waals surface area contributed by atoms with Crippen LogP contribution in [0.1, 0.15) is 22.3 Å². The molecule has 1 atom stereocenters. The minimum absolute atomic E-state index is 0.216. The Bertz CT molecular complexity index is 447. The van der Waals surface area contributed by atoms with Gasteiger partial charge in [0.1, 0.15) is 17.2 Å². The number of aryl methyl sites for hydroxylation is 1. The number of amides is 1. The maximum Gasteiger partial charge on any atom is 0.257 e. The number of methoxy groups -OCH3 is 1. The number of nitrogens with two attached hydrogens (primary N) is 1. The van der Waals surface area contributed by atoms with E-state index in [1.807, 2.05) is 0 Å². The molecule has 0 aliphatic heterocycles. The van der Waals surface area contributed by atoms with Gasteiger partial charge in [-0.15, -0.1) is 0 Å². The Morgan fingerprint density at radius 2 is 2.16 bits per heavy atom. The van der Waals surface area contributed by atoms with Crippen molar-refractivity contribution in [3.8, 4) is 0 Å². The van der Waals surface area contributed by atoms with E-state index in [9.17, 15) is 13.6 Å². The van der Waals surface area contributed by atoms with Gasteiger partial charge in [0.2, 0.25) is 0 Å². The highest BCUT2D eigenvalue weighted by atomic mass is 19.1. The summed E-state index contributed by atoms with van der Waals surface area (Å²) in [6.07, 6.45) is 0.467. The maximum absolute atomic E-state index is 13.8. The Kier molecular flexibility index (Phi) is 5.85. The highest BCUT2D eigenvalue weighted by molar-refractivity contribution is 5.95. The second-order valence-corrected chi connectivity index (χ2v) is 4.26. The molecule has 4 nitrogen and oxygen atoms in total. The van der Waals surface area contributed by atoms with E-state index in [1.54, 1.807) is 0 Å². The van der Waals surface area contributed by atoms with E-state index >= 15 is 0 Å². The molecule has 1 unspecified atom stereocenters. The van der Waals surface area contributed by atoms with Crippen molar-refractivity contribution in [2.75, 3.05) is 20.3 Å². The van der Waals surface area contributed by atoms with E-state index in [0.29, 0.717) is 13.0 Å². The van der Waals surface area contributed by atoms with Crippen LogP contribution >= 0.6 is 0 Å². The summed E-state index contributed by atoms with van der Waals surface area (Å²) in [5, 5.41) is 2.52. The van der Waals surface area contributed by atoms with Gasteiger partial charge in [0.25, 0.3) is 5.91 Å². The summed E-state index contributed by atoms with van der Waals surface area (Å²) < 4.78 is 32.2. The molecule has 1 aromatic carbocycles. The van der Waals surface area contributed by atoms with Crippen molar-refractivity contribution in [1.82, 2.24) is 5.32 Å². The van der Waals surface area contributed by atoms with Crippen LogP contribution in [-0.2, 0) is 4.74 Å². The molecular formula is C13H18F2N2O2. The van der Waals surface area contributed by atoms with Crippen LogP contribution in [-0.4, -0.2) is 32.2 Å². The number of halogens is 2. The van der Waals surface area contributed by atoms with Gasteiger partial charge in [-0.1, -0.05) is 6.07 Å². The van der Waals surface area contributed by atoms with E-state index in [1.165, 1.54) is 20.1 Å². The molecule has 0 aliphatic rings. The number of hydrogen-bond donors (Lipinski definition) is 2. The molecule has 19 heavy (non-hydrogen) atoms. The normalized spacial score (nSPS) is 12.3. The van der Waals surface area contributed by atoms with Gasteiger partial charge in [0.15, 0.2) is 0 Å². The molecule has 6 heteroatoms. The number of nitrogens with one attached hydrogen (secondary N) is 1. The van der Waals surface area contributed by atoms with Gasteiger partial charge in [-0.25, -0.2) is 8.78 Å². The summed E-state index contributed by atoms with van der Waals surface area (Å²) in [4.78, 5) is 11.9. The van der Waals surface area contributed by atoms with Crippen molar-refractivity contribution in [2.24, 2.45) is 5.73 Å². The molecule has 106 valence electrons. The van der Waals surface area contributed by atoms with E-state index in [-0.39, 0.29) is 18.2 Å². The second kappa shape index (κ2) is 7.16. The van der Waals surface area contributed by atoms with Gasteiger partial charge in [-0.05, 0) is 31.5 Å². The van der Waals surface area contributed by atoms with E-state index in [0.717, 1.165) is 6.07 Å². The Morgan fingerprint density at radius 3 is 2.74 bits per heavy atom. The second-order valence-electron chi connectivity index (χ2n) is 4.26. The first-order valence-electron chi connectivity index (χ1n) is 5.95. The fraction of sp³-hybridized carbons (Fsp3) is 0.462. The first-order chi connectivity index (χ1) is 9.01. The zero-order valence-corrected chi connectivity index (χ0v) is 11.0.